The lowest BCUT2D eigenvalue weighted by atomic mass is 9.66. The van der Waals surface area contributed by atoms with Crippen molar-refractivity contribution >= 4 is 17.8 Å². The molecule has 3 aliphatic rings. The summed E-state index contributed by atoms with van der Waals surface area (Å²) in [5, 5.41) is 18.2. The highest BCUT2D eigenvalue weighted by Crippen LogP contribution is 2.50. The van der Waals surface area contributed by atoms with Crippen LogP contribution in [0, 0.1) is 18.2 Å². The second-order valence-corrected chi connectivity index (χ2v) is 10.3. The molecule has 1 aromatic heterocycles. The van der Waals surface area contributed by atoms with Gasteiger partial charge in [-0.3, -0.25) is 9.59 Å². The Morgan fingerprint density at radius 2 is 1.98 bits per heavy atom. The van der Waals surface area contributed by atoms with Crippen molar-refractivity contribution < 1.29 is 28.6 Å². The Morgan fingerprint density at radius 3 is 2.65 bits per heavy atom. The largest absolute Gasteiger partial charge is 0.503 e. The monoisotopic (exact) mass is 553 g/mol. The Kier molecular flexibility index (Phi) is 7.32. The quantitative estimate of drug-likeness (QED) is 0.589. The van der Waals surface area contributed by atoms with Gasteiger partial charge in [0.2, 0.25) is 0 Å². The second kappa shape index (κ2) is 10.7. The number of halogens is 1. The molecule has 13 heteroatoms. The number of aliphatic hydroxyl groups excluding tert-OH is 1. The Labute approximate surface area is 230 Å². The molecular weight excluding hydrogens is 521 g/mol. The number of aromatic nitrogens is 3. The van der Waals surface area contributed by atoms with Gasteiger partial charge in [0, 0.05) is 51.4 Å². The number of amides is 4. The number of piperidine rings is 1. The van der Waals surface area contributed by atoms with Crippen molar-refractivity contribution in [2.45, 2.75) is 26.3 Å². The Hall–Kier alpha value is -4.26. The standard InChI is InChI=1S/C27H32FN7O5/c1-17-30-16-31-35(17)20-14-19(28)5-4-18(20)15-29-24(37)22-23(36)25(38)34-11-13-40-12-6-21(34)27(22)7-9-33(10-8-27)26(39)32(2)3/h4-6,14,16,36H,7-13,15H2,1-3H3,(H,29,37). The van der Waals surface area contributed by atoms with Crippen LogP contribution in [0.5, 0.6) is 0 Å². The zero-order valence-electron chi connectivity index (χ0n) is 22.7. The summed E-state index contributed by atoms with van der Waals surface area (Å²) in [5.41, 5.74) is 0.547. The van der Waals surface area contributed by atoms with E-state index in [1.807, 2.05) is 0 Å². The SMILES string of the molecule is Cc1ncnn1-c1cc(F)ccc1CNC(=O)C1=C(O)C(=O)N2CCOCC=C2C12CCN(C(=O)N(C)C)CC2. The first-order valence-electron chi connectivity index (χ1n) is 13.1. The zero-order valence-corrected chi connectivity index (χ0v) is 22.7. The van der Waals surface area contributed by atoms with E-state index >= 15 is 0 Å². The van der Waals surface area contributed by atoms with Gasteiger partial charge in [-0.15, -0.1) is 0 Å². The molecular formula is C27H32FN7O5. The molecule has 0 radical (unpaired) electrons. The van der Waals surface area contributed by atoms with Crippen molar-refractivity contribution in [2.75, 3.05) is 46.9 Å². The number of aliphatic hydroxyl groups is 1. The third kappa shape index (κ3) is 4.70. The molecule has 5 rings (SSSR count). The number of fused-ring (bicyclic) bond motifs is 2. The maximum absolute atomic E-state index is 14.1. The van der Waals surface area contributed by atoms with Gasteiger partial charge in [-0.2, -0.15) is 5.10 Å². The summed E-state index contributed by atoms with van der Waals surface area (Å²) >= 11 is 0. The number of hydrogen-bond acceptors (Lipinski definition) is 7. The first-order valence-corrected chi connectivity index (χ1v) is 13.1. The average Bonchev–Trinajstić information content (AvgIpc) is 3.20. The van der Waals surface area contributed by atoms with Gasteiger partial charge < -0.3 is 29.9 Å². The number of carbonyl (C=O) groups excluding carboxylic acids is 3. The van der Waals surface area contributed by atoms with E-state index in [-0.39, 0.29) is 37.9 Å². The third-order valence-electron chi connectivity index (χ3n) is 7.73. The lowest BCUT2D eigenvalue weighted by molar-refractivity contribution is -0.133. The minimum absolute atomic E-state index is 0.0219. The van der Waals surface area contributed by atoms with Crippen LogP contribution in [0.3, 0.4) is 0 Å². The van der Waals surface area contributed by atoms with Gasteiger partial charge in [-0.25, -0.2) is 18.9 Å². The second-order valence-electron chi connectivity index (χ2n) is 10.3. The van der Waals surface area contributed by atoms with Crippen molar-refractivity contribution in [3.63, 3.8) is 0 Å². The third-order valence-corrected chi connectivity index (χ3v) is 7.73. The number of likely N-dealkylation sites (tertiary alicyclic amines) is 1. The highest BCUT2D eigenvalue weighted by atomic mass is 19.1. The Morgan fingerprint density at radius 1 is 1.23 bits per heavy atom. The van der Waals surface area contributed by atoms with Crippen LogP contribution in [-0.2, 0) is 20.9 Å². The van der Waals surface area contributed by atoms with Gasteiger partial charge in [0.15, 0.2) is 5.76 Å². The minimum Gasteiger partial charge on any atom is -0.503 e. The summed E-state index contributed by atoms with van der Waals surface area (Å²) < 4.78 is 21.2. The van der Waals surface area contributed by atoms with Gasteiger partial charge in [-0.05, 0) is 43.5 Å². The number of nitrogens with one attached hydrogen (secondary N) is 1. The fourth-order valence-electron chi connectivity index (χ4n) is 5.74. The molecule has 0 bridgehead atoms. The van der Waals surface area contributed by atoms with E-state index in [0.717, 1.165) is 0 Å². The summed E-state index contributed by atoms with van der Waals surface area (Å²) in [5.74, 6) is -1.83. The van der Waals surface area contributed by atoms with E-state index in [1.54, 1.807) is 38.1 Å². The van der Waals surface area contributed by atoms with Crippen molar-refractivity contribution in [1.82, 2.24) is 34.8 Å². The molecule has 3 aliphatic heterocycles. The van der Waals surface area contributed by atoms with Gasteiger partial charge >= 0.3 is 6.03 Å². The first-order chi connectivity index (χ1) is 19.1. The number of nitrogens with zero attached hydrogens (tertiary/aromatic N) is 6. The number of rotatable bonds is 4. The molecule has 40 heavy (non-hydrogen) atoms. The van der Waals surface area contributed by atoms with E-state index in [2.05, 4.69) is 15.4 Å². The summed E-state index contributed by atoms with van der Waals surface area (Å²) in [7, 11) is 3.35. The molecule has 12 nitrogen and oxygen atoms in total. The molecule has 4 amide bonds. The van der Waals surface area contributed by atoms with E-state index < -0.39 is 28.8 Å². The van der Waals surface area contributed by atoms with Crippen LogP contribution in [0.4, 0.5) is 9.18 Å². The van der Waals surface area contributed by atoms with Crippen LogP contribution >= 0.6 is 0 Å². The van der Waals surface area contributed by atoms with Crippen LogP contribution in [0.25, 0.3) is 5.69 Å². The molecule has 4 heterocycles. The Balaban J connectivity index is 1.49. The van der Waals surface area contributed by atoms with E-state index in [0.29, 0.717) is 48.7 Å². The van der Waals surface area contributed by atoms with Crippen LogP contribution in [0.1, 0.15) is 24.2 Å². The molecule has 1 spiro atoms. The highest BCUT2D eigenvalue weighted by Gasteiger charge is 2.53. The molecule has 0 atom stereocenters. The van der Waals surface area contributed by atoms with Gasteiger partial charge in [-0.1, -0.05) is 6.07 Å². The fourth-order valence-corrected chi connectivity index (χ4v) is 5.74. The highest BCUT2D eigenvalue weighted by molar-refractivity contribution is 6.07. The smallest absolute Gasteiger partial charge is 0.319 e. The lowest BCUT2D eigenvalue weighted by Crippen LogP contribution is -2.55. The van der Waals surface area contributed by atoms with Crippen LogP contribution in [0.15, 0.2) is 47.6 Å². The number of allylic oxidation sites excluding steroid dienone is 1. The van der Waals surface area contributed by atoms with Gasteiger partial charge in [0.25, 0.3) is 11.8 Å². The number of carbonyl (C=O) groups is 3. The number of aryl methyl sites for hydroxylation is 1. The van der Waals surface area contributed by atoms with Gasteiger partial charge in [0.05, 0.1) is 24.5 Å². The summed E-state index contributed by atoms with van der Waals surface area (Å²) in [6.45, 7) is 3.14. The molecule has 0 aliphatic carbocycles. The van der Waals surface area contributed by atoms with Crippen LogP contribution < -0.4 is 5.32 Å². The normalized spacial score (nSPS) is 18.8. The van der Waals surface area contributed by atoms with Gasteiger partial charge in [0.1, 0.15) is 18.0 Å². The Bertz CT molecular complexity index is 1410. The maximum atomic E-state index is 14.1. The maximum Gasteiger partial charge on any atom is 0.319 e. The molecule has 1 fully saturated rings. The number of benzene rings is 1. The van der Waals surface area contributed by atoms with Crippen molar-refractivity contribution in [1.29, 1.82) is 0 Å². The summed E-state index contributed by atoms with van der Waals surface area (Å²) in [4.78, 5) is 48.6. The molecule has 2 aromatic rings. The van der Waals surface area contributed by atoms with E-state index in [9.17, 15) is 23.9 Å². The van der Waals surface area contributed by atoms with Crippen molar-refractivity contribution in [3.8, 4) is 5.69 Å². The predicted molar refractivity (Wildman–Crippen MR) is 140 cm³/mol. The number of hydrogen-bond donors (Lipinski definition) is 2. The minimum atomic E-state index is -1.01. The molecule has 0 unspecified atom stereocenters. The summed E-state index contributed by atoms with van der Waals surface area (Å²) in [6, 6.07) is 3.98. The molecule has 0 saturated carbocycles. The molecule has 2 N–H and O–H groups in total. The van der Waals surface area contributed by atoms with Crippen LogP contribution in [-0.4, -0.2) is 99.4 Å². The van der Waals surface area contributed by atoms with Crippen LogP contribution in [0.2, 0.25) is 0 Å². The first kappa shape index (κ1) is 27.3. The molecule has 1 aromatic carbocycles. The van der Waals surface area contributed by atoms with E-state index in [1.165, 1.54) is 32.9 Å². The molecule has 1 saturated heterocycles. The predicted octanol–water partition coefficient (Wildman–Crippen LogP) is 1.66. The fraction of sp³-hybridized carbons (Fsp3) is 0.444. The van der Waals surface area contributed by atoms with Crippen molar-refractivity contribution in [3.05, 3.63) is 64.8 Å². The topological polar surface area (TPSA) is 133 Å². The zero-order chi connectivity index (χ0) is 28.6. The number of urea groups is 1. The average molecular weight is 554 g/mol. The molecule has 212 valence electrons. The van der Waals surface area contributed by atoms with Crippen molar-refractivity contribution in [2.24, 2.45) is 5.41 Å². The number of ether oxygens (including phenoxy) is 1. The summed E-state index contributed by atoms with van der Waals surface area (Å²) in [6.07, 6.45) is 3.80. The van der Waals surface area contributed by atoms with E-state index in [4.69, 9.17) is 4.74 Å². The lowest BCUT2D eigenvalue weighted by Gasteiger charge is -2.49.